The zero-order valence-corrected chi connectivity index (χ0v) is 7.87. The maximum atomic E-state index is 10.9. The summed E-state index contributed by atoms with van der Waals surface area (Å²) in [6, 6.07) is 0.982. The van der Waals surface area contributed by atoms with Crippen LogP contribution in [0, 0.1) is 0 Å². The first-order valence-corrected chi connectivity index (χ1v) is 4.29. The van der Waals surface area contributed by atoms with Crippen molar-refractivity contribution in [1.29, 1.82) is 0 Å². The number of nitrogens with zero attached hydrogens (tertiary/aromatic N) is 1. The fourth-order valence-corrected chi connectivity index (χ4v) is 0.772. The number of halogens is 1. The highest BCUT2D eigenvalue weighted by molar-refractivity contribution is 6.28. The summed E-state index contributed by atoms with van der Waals surface area (Å²) in [4.78, 5) is 21.6. The Morgan fingerprint density at radius 3 is 2.93 bits per heavy atom. The first-order valence-electron chi connectivity index (χ1n) is 3.75. The topological polar surface area (TPSA) is 84.2 Å². The molecule has 0 bridgehead atoms. The van der Waals surface area contributed by atoms with E-state index in [0.717, 1.165) is 0 Å². The second-order valence-corrected chi connectivity index (χ2v) is 2.61. The lowest BCUT2D eigenvalue weighted by molar-refractivity contribution is -0.117. The molecule has 14 heavy (non-hydrogen) atoms. The average molecular weight is 218 g/mol. The van der Waals surface area contributed by atoms with Gasteiger partial charge in [0.25, 0.3) is 0 Å². The molecule has 3 amide bonds. The van der Waals surface area contributed by atoms with Crippen LogP contribution in [-0.2, 0) is 11.3 Å². The maximum Gasteiger partial charge on any atom is 0.321 e. The van der Waals surface area contributed by atoms with Crippen LogP contribution in [0.4, 0.5) is 4.79 Å². The zero-order valence-electron chi connectivity index (χ0n) is 7.12. The molecule has 0 spiro atoms. The summed E-state index contributed by atoms with van der Waals surface area (Å²) in [5, 5.41) is 7.84. The third-order valence-corrected chi connectivity index (χ3v) is 1.53. The monoisotopic (exact) mass is 217 g/mol. The van der Waals surface area contributed by atoms with E-state index in [9.17, 15) is 9.59 Å². The molecule has 0 saturated carbocycles. The molecule has 0 radical (unpaired) electrons. The first kappa shape index (κ1) is 10.5. The van der Waals surface area contributed by atoms with Crippen molar-refractivity contribution in [2.45, 2.75) is 6.54 Å². The van der Waals surface area contributed by atoms with Crippen molar-refractivity contribution in [3.05, 3.63) is 18.0 Å². The van der Waals surface area contributed by atoms with E-state index in [0.29, 0.717) is 5.76 Å². The van der Waals surface area contributed by atoms with Crippen LogP contribution in [0.15, 0.2) is 16.8 Å². The molecule has 1 rings (SSSR count). The van der Waals surface area contributed by atoms with Gasteiger partial charge in [-0.05, 0) is 0 Å². The summed E-state index contributed by atoms with van der Waals surface area (Å²) in [7, 11) is 0. The lowest BCUT2D eigenvalue weighted by Crippen LogP contribution is -2.39. The quantitative estimate of drug-likeness (QED) is 0.711. The highest BCUT2D eigenvalue weighted by Crippen LogP contribution is 1.94. The van der Waals surface area contributed by atoms with E-state index in [1.165, 1.54) is 6.20 Å². The van der Waals surface area contributed by atoms with Crippen molar-refractivity contribution >= 4 is 23.5 Å². The summed E-state index contributed by atoms with van der Waals surface area (Å²) in [6.45, 7) is 0.168. The molecular formula is C7H8ClN3O3. The number of alkyl halides is 1. The molecule has 0 saturated heterocycles. The van der Waals surface area contributed by atoms with Gasteiger partial charge in [0, 0.05) is 6.07 Å². The third-order valence-electron chi connectivity index (χ3n) is 1.29. The molecule has 0 aliphatic rings. The summed E-state index contributed by atoms with van der Waals surface area (Å²) < 4.78 is 4.71. The minimum Gasteiger partial charge on any atom is -0.360 e. The number of amides is 3. The lowest BCUT2D eigenvalue weighted by atomic mass is 10.4. The van der Waals surface area contributed by atoms with Crippen molar-refractivity contribution in [1.82, 2.24) is 15.8 Å². The second-order valence-electron chi connectivity index (χ2n) is 2.34. The van der Waals surface area contributed by atoms with Gasteiger partial charge < -0.3 is 9.84 Å². The fraction of sp³-hybridized carbons (Fsp3) is 0.286. The van der Waals surface area contributed by atoms with Gasteiger partial charge in [-0.1, -0.05) is 5.16 Å². The largest absolute Gasteiger partial charge is 0.360 e. The summed E-state index contributed by atoms with van der Waals surface area (Å²) in [5.74, 6) is -0.310. The molecule has 7 heteroatoms. The molecule has 2 N–H and O–H groups in total. The molecule has 0 unspecified atom stereocenters. The first-order chi connectivity index (χ1) is 6.72. The summed E-state index contributed by atoms with van der Waals surface area (Å²) >= 11 is 5.18. The molecular weight excluding hydrogens is 210 g/mol. The Hall–Kier alpha value is -1.56. The van der Waals surface area contributed by atoms with E-state index in [1.807, 2.05) is 5.32 Å². The maximum absolute atomic E-state index is 10.9. The molecule has 6 nitrogen and oxygen atoms in total. The predicted molar refractivity (Wildman–Crippen MR) is 47.6 cm³/mol. The smallest absolute Gasteiger partial charge is 0.321 e. The van der Waals surface area contributed by atoms with Gasteiger partial charge in [0.1, 0.15) is 5.88 Å². The Kier molecular flexibility index (Phi) is 3.93. The van der Waals surface area contributed by atoms with Crippen molar-refractivity contribution in [2.75, 3.05) is 5.88 Å². The molecule has 0 fully saturated rings. The van der Waals surface area contributed by atoms with E-state index in [1.54, 1.807) is 6.07 Å². The van der Waals surface area contributed by atoms with Gasteiger partial charge in [-0.3, -0.25) is 10.1 Å². The van der Waals surface area contributed by atoms with E-state index in [4.69, 9.17) is 16.1 Å². The number of hydrogen-bond acceptors (Lipinski definition) is 4. The number of imide groups is 1. The van der Waals surface area contributed by atoms with Crippen LogP contribution in [0.1, 0.15) is 5.76 Å². The molecule has 0 aliphatic carbocycles. The molecule has 1 aromatic rings. The Morgan fingerprint density at radius 2 is 2.36 bits per heavy atom. The number of urea groups is 1. The lowest BCUT2D eigenvalue weighted by Gasteiger charge is -2.02. The van der Waals surface area contributed by atoms with E-state index in [2.05, 4.69) is 10.5 Å². The molecule has 1 aromatic heterocycles. The van der Waals surface area contributed by atoms with Crippen molar-refractivity contribution < 1.29 is 14.1 Å². The van der Waals surface area contributed by atoms with E-state index >= 15 is 0 Å². The number of hydrogen-bond donors (Lipinski definition) is 2. The Bertz CT molecular complexity index is 312. The van der Waals surface area contributed by atoms with Gasteiger partial charge in [-0.2, -0.15) is 0 Å². The minimum absolute atomic E-state index is 0.168. The van der Waals surface area contributed by atoms with Crippen molar-refractivity contribution in [3.63, 3.8) is 0 Å². The van der Waals surface area contributed by atoms with Gasteiger partial charge in [0.2, 0.25) is 5.91 Å². The Labute approximate surface area is 84.6 Å². The van der Waals surface area contributed by atoms with Crippen LogP contribution in [0.25, 0.3) is 0 Å². The summed E-state index contributed by atoms with van der Waals surface area (Å²) in [6.07, 6.45) is 1.46. The average Bonchev–Trinajstić information content (AvgIpc) is 2.67. The zero-order chi connectivity index (χ0) is 10.4. The summed E-state index contributed by atoms with van der Waals surface area (Å²) in [5.41, 5.74) is 0. The minimum atomic E-state index is -0.618. The molecule has 0 aliphatic heterocycles. The number of aromatic nitrogens is 1. The van der Waals surface area contributed by atoms with Crippen LogP contribution in [0.5, 0.6) is 0 Å². The molecule has 1 heterocycles. The number of nitrogens with one attached hydrogen (secondary N) is 2. The predicted octanol–water partition coefficient (Wildman–Crippen LogP) is 0.239. The van der Waals surface area contributed by atoms with Gasteiger partial charge in [-0.25, -0.2) is 4.79 Å². The molecule has 0 atom stereocenters. The fourth-order valence-electron chi connectivity index (χ4n) is 0.705. The van der Waals surface area contributed by atoms with Crippen LogP contribution in [0.3, 0.4) is 0 Å². The Balaban J connectivity index is 2.25. The SMILES string of the molecule is O=C(CCl)NC(=O)NCc1ccno1. The highest BCUT2D eigenvalue weighted by atomic mass is 35.5. The normalized spacial score (nSPS) is 9.50. The van der Waals surface area contributed by atoms with Crippen LogP contribution < -0.4 is 10.6 Å². The third kappa shape index (κ3) is 3.44. The van der Waals surface area contributed by atoms with Gasteiger partial charge in [0.15, 0.2) is 5.76 Å². The number of carbonyl (C=O) groups excluding carboxylic acids is 2. The van der Waals surface area contributed by atoms with E-state index < -0.39 is 11.9 Å². The molecule has 76 valence electrons. The van der Waals surface area contributed by atoms with Crippen molar-refractivity contribution in [2.24, 2.45) is 0 Å². The standard InChI is InChI=1S/C7H8ClN3O3/c8-3-6(12)11-7(13)9-4-5-1-2-10-14-5/h1-2H,3-4H2,(H2,9,11,12,13). The molecule has 0 aromatic carbocycles. The van der Waals surface area contributed by atoms with E-state index in [-0.39, 0.29) is 12.4 Å². The highest BCUT2D eigenvalue weighted by Gasteiger charge is 2.06. The number of rotatable bonds is 3. The van der Waals surface area contributed by atoms with Gasteiger partial charge in [0.05, 0.1) is 12.7 Å². The van der Waals surface area contributed by atoms with Gasteiger partial charge in [-0.15, -0.1) is 11.6 Å². The van der Waals surface area contributed by atoms with Gasteiger partial charge >= 0.3 is 6.03 Å². The Morgan fingerprint density at radius 1 is 1.57 bits per heavy atom. The van der Waals surface area contributed by atoms with Crippen LogP contribution in [0.2, 0.25) is 0 Å². The van der Waals surface area contributed by atoms with Crippen LogP contribution >= 0.6 is 11.6 Å². The second kappa shape index (κ2) is 5.23. The number of carbonyl (C=O) groups is 2. The van der Waals surface area contributed by atoms with Crippen molar-refractivity contribution in [3.8, 4) is 0 Å². The van der Waals surface area contributed by atoms with Crippen LogP contribution in [-0.4, -0.2) is 23.0 Å².